The molecule has 0 saturated heterocycles. The van der Waals surface area contributed by atoms with Gasteiger partial charge < -0.3 is 5.11 Å². The Balaban J connectivity index is 1.82. The van der Waals surface area contributed by atoms with E-state index in [9.17, 15) is 4.79 Å². The van der Waals surface area contributed by atoms with Crippen LogP contribution < -0.4 is 0 Å². The van der Waals surface area contributed by atoms with Crippen molar-refractivity contribution in [2.24, 2.45) is 0 Å². The van der Waals surface area contributed by atoms with Gasteiger partial charge in [-0.3, -0.25) is 4.79 Å². The van der Waals surface area contributed by atoms with Crippen molar-refractivity contribution in [2.45, 2.75) is 6.54 Å². The maximum atomic E-state index is 10.6. The van der Waals surface area contributed by atoms with E-state index >= 15 is 0 Å². The van der Waals surface area contributed by atoms with Gasteiger partial charge in [0.05, 0.1) is 17.4 Å². The predicted molar refractivity (Wildman–Crippen MR) is 83.3 cm³/mol. The largest absolute Gasteiger partial charge is 0.480 e. The van der Waals surface area contributed by atoms with Gasteiger partial charge in [-0.1, -0.05) is 28.9 Å². The Morgan fingerprint density at radius 2 is 2.00 bits per heavy atom. The molecule has 1 N–H and O–H groups in total. The number of carboxylic acid groups (broad SMARTS) is 1. The fourth-order valence-electron chi connectivity index (χ4n) is 1.98. The van der Waals surface area contributed by atoms with Crippen LogP contribution in [-0.4, -0.2) is 31.1 Å². The maximum absolute atomic E-state index is 10.6. The lowest BCUT2D eigenvalue weighted by molar-refractivity contribution is -0.137. The first-order valence-electron chi connectivity index (χ1n) is 6.46. The van der Waals surface area contributed by atoms with Crippen LogP contribution in [0.4, 0.5) is 0 Å². The normalized spacial score (nSPS) is 11.3. The summed E-state index contributed by atoms with van der Waals surface area (Å²) in [7, 11) is 0. The number of aliphatic carboxylic acids is 1. The quantitative estimate of drug-likeness (QED) is 0.800. The molecule has 0 bridgehead atoms. The molecule has 2 aromatic heterocycles. The minimum atomic E-state index is -0.964. The number of halogens is 1. The second kappa shape index (κ2) is 5.95. The molecule has 7 heteroatoms. The van der Waals surface area contributed by atoms with Crippen molar-refractivity contribution in [2.75, 3.05) is 0 Å². The minimum Gasteiger partial charge on any atom is -0.480 e. The lowest BCUT2D eigenvalue weighted by Crippen LogP contribution is -2.08. The molecule has 3 rings (SSSR count). The number of hydrogen-bond donors (Lipinski definition) is 1. The Hall–Kier alpha value is -2.73. The third-order valence-electron chi connectivity index (χ3n) is 2.95. The first-order valence-corrected chi connectivity index (χ1v) is 6.84. The summed E-state index contributed by atoms with van der Waals surface area (Å²) in [5.41, 5.74) is 2.13. The Kier molecular flexibility index (Phi) is 3.84. The average Bonchev–Trinajstić information content (AvgIpc) is 2.91. The van der Waals surface area contributed by atoms with Crippen molar-refractivity contribution in [3.05, 3.63) is 52.9 Å². The first-order chi connectivity index (χ1) is 10.6. The Morgan fingerprint density at radius 3 is 2.82 bits per heavy atom. The molecular formula is C15H11ClN4O2. The molecule has 110 valence electrons. The van der Waals surface area contributed by atoms with Gasteiger partial charge >= 0.3 is 5.97 Å². The molecular weight excluding hydrogens is 304 g/mol. The number of fused-ring (bicyclic) bond motifs is 1. The molecule has 0 unspecified atom stereocenters. The zero-order valence-electron chi connectivity index (χ0n) is 11.3. The van der Waals surface area contributed by atoms with Gasteiger partial charge in [-0.05, 0) is 30.4 Å². The summed E-state index contributed by atoms with van der Waals surface area (Å²) in [6, 6.07) is 9.38. The highest BCUT2D eigenvalue weighted by atomic mass is 35.5. The van der Waals surface area contributed by atoms with E-state index in [2.05, 4.69) is 15.3 Å². The Labute approximate surface area is 130 Å². The van der Waals surface area contributed by atoms with Gasteiger partial charge in [-0.25, -0.2) is 9.67 Å². The van der Waals surface area contributed by atoms with E-state index in [1.54, 1.807) is 24.4 Å². The molecule has 2 heterocycles. The Morgan fingerprint density at radius 1 is 1.23 bits per heavy atom. The topological polar surface area (TPSA) is 80.9 Å². The lowest BCUT2D eigenvalue weighted by Gasteiger charge is -1.99. The highest BCUT2D eigenvalue weighted by Crippen LogP contribution is 2.18. The summed E-state index contributed by atoms with van der Waals surface area (Å²) in [6.07, 6.45) is 5.07. The molecule has 0 amide bonds. The van der Waals surface area contributed by atoms with Crippen molar-refractivity contribution < 1.29 is 9.90 Å². The van der Waals surface area contributed by atoms with Crippen molar-refractivity contribution in [3.8, 4) is 0 Å². The van der Waals surface area contributed by atoms with Crippen LogP contribution in [0.5, 0.6) is 0 Å². The van der Waals surface area contributed by atoms with Crippen molar-refractivity contribution in [1.29, 1.82) is 0 Å². The van der Waals surface area contributed by atoms with Crippen LogP contribution in [0.2, 0.25) is 5.02 Å². The first kappa shape index (κ1) is 14.2. The molecule has 3 aromatic rings. The second-order valence-corrected chi connectivity index (χ2v) is 5.08. The molecule has 0 aliphatic carbocycles. The van der Waals surface area contributed by atoms with Gasteiger partial charge in [0.15, 0.2) is 0 Å². The number of hydrogen-bond acceptors (Lipinski definition) is 4. The zero-order chi connectivity index (χ0) is 15.5. The number of nitrogens with zero attached hydrogens (tertiary/aromatic N) is 4. The Bertz CT molecular complexity index is 873. The van der Waals surface area contributed by atoms with Crippen LogP contribution in [0.25, 0.3) is 23.1 Å². The molecule has 6 nitrogen and oxygen atoms in total. The molecule has 0 radical (unpaired) electrons. The van der Waals surface area contributed by atoms with E-state index in [1.165, 1.54) is 4.68 Å². The van der Waals surface area contributed by atoms with Gasteiger partial charge in [0.2, 0.25) is 0 Å². The summed E-state index contributed by atoms with van der Waals surface area (Å²) in [5, 5.41) is 17.9. The van der Waals surface area contributed by atoms with E-state index < -0.39 is 5.97 Å². The molecule has 0 fully saturated rings. The summed E-state index contributed by atoms with van der Waals surface area (Å²) in [5.74, 6) is -0.964. The molecule has 22 heavy (non-hydrogen) atoms. The van der Waals surface area contributed by atoms with Crippen molar-refractivity contribution in [1.82, 2.24) is 20.0 Å². The van der Waals surface area contributed by atoms with Crippen LogP contribution >= 0.6 is 11.6 Å². The van der Waals surface area contributed by atoms with E-state index in [0.717, 1.165) is 16.6 Å². The van der Waals surface area contributed by atoms with Crippen LogP contribution in [0.1, 0.15) is 11.4 Å². The van der Waals surface area contributed by atoms with E-state index in [0.29, 0.717) is 10.7 Å². The van der Waals surface area contributed by atoms with Crippen LogP contribution in [0.15, 0.2) is 36.5 Å². The highest BCUT2D eigenvalue weighted by Gasteiger charge is 2.02. The fourth-order valence-corrected chi connectivity index (χ4v) is 2.14. The van der Waals surface area contributed by atoms with Crippen LogP contribution in [0, 0.1) is 0 Å². The molecule has 0 atom stereocenters. The summed E-state index contributed by atoms with van der Waals surface area (Å²) in [6.45, 7) is -0.215. The number of rotatable bonds is 4. The summed E-state index contributed by atoms with van der Waals surface area (Å²) in [4.78, 5) is 15.1. The highest BCUT2D eigenvalue weighted by molar-refractivity contribution is 6.31. The van der Waals surface area contributed by atoms with Gasteiger partial charge in [0.25, 0.3) is 0 Å². The summed E-state index contributed by atoms with van der Waals surface area (Å²) < 4.78 is 1.26. The van der Waals surface area contributed by atoms with E-state index in [1.807, 2.05) is 24.3 Å². The number of carboxylic acids is 1. The molecule has 0 aliphatic rings. The maximum Gasteiger partial charge on any atom is 0.325 e. The van der Waals surface area contributed by atoms with Gasteiger partial charge in [0, 0.05) is 10.4 Å². The van der Waals surface area contributed by atoms with E-state index in [4.69, 9.17) is 16.7 Å². The fraction of sp³-hybridized carbons (Fsp3) is 0.0667. The van der Waals surface area contributed by atoms with Crippen LogP contribution in [0.3, 0.4) is 0 Å². The predicted octanol–water partition coefficient (Wildman–Crippen LogP) is 2.73. The summed E-state index contributed by atoms with van der Waals surface area (Å²) >= 11 is 5.96. The van der Waals surface area contributed by atoms with E-state index in [-0.39, 0.29) is 6.54 Å². The lowest BCUT2D eigenvalue weighted by atomic mass is 10.2. The second-order valence-electron chi connectivity index (χ2n) is 4.64. The number of pyridine rings is 1. The molecule has 0 saturated carbocycles. The third kappa shape index (κ3) is 3.29. The number of aromatic nitrogens is 4. The minimum absolute atomic E-state index is 0.215. The van der Waals surface area contributed by atoms with Crippen molar-refractivity contribution in [3.63, 3.8) is 0 Å². The smallest absolute Gasteiger partial charge is 0.325 e. The van der Waals surface area contributed by atoms with Gasteiger partial charge in [-0.15, -0.1) is 5.10 Å². The molecule has 0 aliphatic heterocycles. The zero-order valence-corrected chi connectivity index (χ0v) is 12.1. The average molecular weight is 315 g/mol. The number of benzene rings is 1. The standard InChI is InChI=1S/C15H11ClN4O2/c16-11-3-1-10-2-4-12(17-14(10)7-11)5-6-13-8-20(19-18-13)9-15(21)22/h1-8H,9H2,(H,21,22). The molecule has 0 spiro atoms. The SMILES string of the molecule is O=C(O)Cn1cc(C=Cc2ccc3ccc(Cl)cc3n2)nn1. The van der Waals surface area contributed by atoms with Crippen molar-refractivity contribution >= 4 is 40.6 Å². The monoisotopic (exact) mass is 314 g/mol. The van der Waals surface area contributed by atoms with Gasteiger partial charge in [0.1, 0.15) is 12.2 Å². The van der Waals surface area contributed by atoms with Crippen LogP contribution in [-0.2, 0) is 11.3 Å². The number of carbonyl (C=O) groups is 1. The van der Waals surface area contributed by atoms with Gasteiger partial charge in [-0.2, -0.15) is 0 Å². The molecule has 1 aromatic carbocycles. The third-order valence-corrected chi connectivity index (χ3v) is 3.19.